The predicted molar refractivity (Wildman–Crippen MR) is 80.4 cm³/mol. The van der Waals surface area contributed by atoms with Crippen LogP contribution in [0.1, 0.15) is 31.2 Å². The maximum atomic E-state index is 13.2. The van der Waals surface area contributed by atoms with Crippen molar-refractivity contribution < 1.29 is 9.18 Å². The molecule has 0 bridgehead atoms. The number of nitrogens with one attached hydrogen (secondary N) is 1. The van der Waals surface area contributed by atoms with Crippen LogP contribution in [0.5, 0.6) is 0 Å². The molecule has 1 amide bonds. The Labute approximate surface area is 125 Å². The molecule has 0 radical (unpaired) electrons. The Balaban J connectivity index is 1.48. The molecule has 0 saturated heterocycles. The molecule has 1 aromatic carbocycles. The number of carbonyl (C=O) groups excluding carboxylic acids is 1. The summed E-state index contributed by atoms with van der Waals surface area (Å²) in [4.78, 5) is 14.3. The van der Waals surface area contributed by atoms with E-state index >= 15 is 0 Å². The first kappa shape index (κ1) is 14.5. The zero-order valence-corrected chi connectivity index (χ0v) is 12.4. The van der Waals surface area contributed by atoms with Gasteiger partial charge >= 0.3 is 0 Å². The van der Waals surface area contributed by atoms with Gasteiger partial charge in [0.05, 0.1) is 6.54 Å². The van der Waals surface area contributed by atoms with Crippen molar-refractivity contribution in [3.63, 3.8) is 0 Å². The van der Waals surface area contributed by atoms with Crippen molar-refractivity contribution in [3.05, 3.63) is 35.6 Å². The van der Waals surface area contributed by atoms with Crippen molar-refractivity contribution in [1.82, 2.24) is 10.2 Å². The zero-order valence-electron chi connectivity index (χ0n) is 12.4. The van der Waals surface area contributed by atoms with Gasteiger partial charge in [0.15, 0.2) is 0 Å². The summed E-state index contributed by atoms with van der Waals surface area (Å²) in [6, 6.07) is 7.07. The molecule has 2 saturated carbocycles. The van der Waals surface area contributed by atoms with Gasteiger partial charge in [-0.05, 0) is 62.3 Å². The zero-order chi connectivity index (χ0) is 14.7. The Kier molecular flexibility index (Phi) is 4.54. The molecular formula is C17H23FN2O. The lowest BCUT2D eigenvalue weighted by Crippen LogP contribution is -2.41. The predicted octanol–water partition coefficient (Wildman–Crippen LogP) is 2.36. The molecule has 3 rings (SSSR count). The van der Waals surface area contributed by atoms with E-state index in [9.17, 15) is 9.18 Å². The van der Waals surface area contributed by atoms with E-state index in [-0.39, 0.29) is 11.7 Å². The van der Waals surface area contributed by atoms with E-state index in [1.165, 1.54) is 18.9 Å². The smallest absolute Gasteiger partial charge is 0.236 e. The quantitative estimate of drug-likeness (QED) is 0.797. The first-order valence-electron chi connectivity index (χ1n) is 7.97. The molecule has 21 heavy (non-hydrogen) atoms. The SMILES string of the molecule is O=C(CNCC1CC1)N(CCc1cccc(F)c1)C1CC1. The monoisotopic (exact) mass is 290 g/mol. The normalized spacial score (nSPS) is 17.8. The molecule has 0 atom stereocenters. The van der Waals surface area contributed by atoms with Crippen LogP contribution in [-0.2, 0) is 11.2 Å². The number of amides is 1. The molecule has 3 nitrogen and oxygen atoms in total. The van der Waals surface area contributed by atoms with E-state index in [1.54, 1.807) is 12.1 Å². The lowest BCUT2D eigenvalue weighted by atomic mass is 10.1. The number of nitrogens with zero attached hydrogens (tertiary/aromatic N) is 1. The van der Waals surface area contributed by atoms with Gasteiger partial charge in [-0.15, -0.1) is 0 Å². The molecule has 2 aliphatic rings. The van der Waals surface area contributed by atoms with Gasteiger partial charge in [-0.2, -0.15) is 0 Å². The number of hydrogen-bond donors (Lipinski definition) is 1. The standard InChI is InChI=1S/C17H23FN2O/c18-15-3-1-2-13(10-15)8-9-20(16-6-7-16)17(21)12-19-11-14-4-5-14/h1-3,10,14,16,19H,4-9,11-12H2. The van der Waals surface area contributed by atoms with E-state index in [1.807, 2.05) is 11.0 Å². The van der Waals surface area contributed by atoms with Crippen molar-refractivity contribution in [1.29, 1.82) is 0 Å². The highest BCUT2D eigenvalue weighted by Gasteiger charge is 2.32. The Hall–Kier alpha value is -1.42. The summed E-state index contributed by atoms with van der Waals surface area (Å²) in [5, 5.41) is 3.27. The highest BCUT2D eigenvalue weighted by molar-refractivity contribution is 5.79. The molecule has 0 aliphatic heterocycles. The maximum absolute atomic E-state index is 13.2. The first-order valence-corrected chi connectivity index (χ1v) is 7.97. The number of benzene rings is 1. The van der Waals surface area contributed by atoms with Crippen LogP contribution in [0.4, 0.5) is 4.39 Å². The summed E-state index contributed by atoms with van der Waals surface area (Å²) >= 11 is 0. The summed E-state index contributed by atoms with van der Waals surface area (Å²) in [6.45, 7) is 2.10. The molecule has 0 unspecified atom stereocenters. The fourth-order valence-corrected chi connectivity index (χ4v) is 2.65. The second-order valence-electron chi connectivity index (χ2n) is 6.27. The third kappa shape index (κ3) is 4.53. The van der Waals surface area contributed by atoms with E-state index in [2.05, 4.69) is 5.32 Å². The van der Waals surface area contributed by atoms with Gasteiger partial charge in [0.25, 0.3) is 0 Å². The Morgan fingerprint density at radius 2 is 2.10 bits per heavy atom. The minimum absolute atomic E-state index is 0.189. The van der Waals surface area contributed by atoms with Crippen LogP contribution in [0, 0.1) is 11.7 Å². The highest BCUT2D eigenvalue weighted by atomic mass is 19.1. The van der Waals surface area contributed by atoms with Crippen LogP contribution < -0.4 is 5.32 Å². The first-order chi connectivity index (χ1) is 10.2. The van der Waals surface area contributed by atoms with Crippen LogP contribution in [0.3, 0.4) is 0 Å². The third-order valence-corrected chi connectivity index (χ3v) is 4.24. The van der Waals surface area contributed by atoms with Gasteiger partial charge in [-0.1, -0.05) is 12.1 Å². The minimum atomic E-state index is -0.206. The molecular weight excluding hydrogens is 267 g/mol. The summed E-state index contributed by atoms with van der Waals surface area (Å²) in [6.07, 6.45) is 5.54. The molecule has 2 aliphatic carbocycles. The second kappa shape index (κ2) is 6.56. The van der Waals surface area contributed by atoms with E-state index in [0.29, 0.717) is 19.1 Å². The molecule has 0 aromatic heterocycles. The molecule has 1 N–H and O–H groups in total. The van der Waals surface area contributed by atoms with Crippen LogP contribution in [0.25, 0.3) is 0 Å². The van der Waals surface area contributed by atoms with Crippen LogP contribution >= 0.6 is 0 Å². The second-order valence-corrected chi connectivity index (χ2v) is 6.27. The molecule has 114 valence electrons. The average molecular weight is 290 g/mol. The summed E-state index contributed by atoms with van der Waals surface area (Å²) in [5.74, 6) is 0.775. The average Bonchev–Trinajstić information content (AvgIpc) is 3.33. The molecule has 2 fully saturated rings. The van der Waals surface area contributed by atoms with Crippen molar-refractivity contribution in [2.75, 3.05) is 19.6 Å². The Morgan fingerprint density at radius 3 is 2.76 bits per heavy atom. The van der Waals surface area contributed by atoms with Crippen LogP contribution in [0.15, 0.2) is 24.3 Å². The number of carbonyl (C=O) groups is 1. The summed E-state index contributed by atoms with van der Waals surface area (Å²) in [7, 11) is 0. The van der Waals surface area contributed by atoms with Crippen molar-refractivity contribution in [3.8, 4) is 0 Å². The van der Waals surface area contributed by atoms with Gasteiger partial charge in [0.2, 0.25) is 5.91 Å². The van der Waals surface area contributed by atoms with Crippen molar-refractivity contribution in [2.24, 2.45) is 5.92 Å². The number of halogens is 1. The van der Waals surface area contributed by atoms with Gasteiger partial charge in [0.1, 0.15) is 5.82 Å². The fraction of sp³-hybridized carbons (Fsp3) is 0.588. The molecule has 0 spiro atoms. The van der Waals surface area contributed by atoms with Crippen LogP contribution in [-0.4, -0.2) is 36.5 Å². The van der Waals surface area contributed by atoms with E-state index < -0.39 is 0 Å². The van der Waals surface area contributed by atoms with Gasteiger partial charge in [-0.25, -0.2) is 4.39 Å². The van der Waals surface area contributed by atoms with Crippen molar-refractivity contribution in [2.45, 2.75) is 38.1 Å². The molecule has 1 aromatic rings. The number of rotatable bonds is 8. The topological polar surface area (TPSA) is 32.3 Å². The summed E-state index contributed by atoms with van der Waals surface area (Å²) in [5.41, 5.74) is 0.958. The lowest BCUT2D eigenvalue weighted by molar-refractivity contribution is -0.130. The molecule has 0 heterocycles. The van der Waals surface area contributed by atoms with Gasteiger partial charge in [0, 0.05) is 12.6 Å². The Morgan fingerprint density at radius 1 is 1.29 bits per heavy atom. The fourth-order valence-electron chi connectivity index (χ4n) is 2.65. The summed E-state index contributed by atoms with van der Waals surface area (Å²) < 4.78 is 13.2. The Bertz CT molecular complexity index is 497. The maximum Gasteiger partial charge on any atom is 0.236 e. The largest absolute Gasteiger partial charge is 0.338 e. The van der Waals surface area contributed by atoms with E-state index in [0.717, 1.165) is 37.3 Å². The van der Waals surface area contributed by atoms with Gasteiger partial charge < -0.3 is 10.2 Å². The number of hydrogen-bond acceptors (Lipinski definition) is 2. The minimum Gasteiger partial charge on any atom is -0.338 e. The highest BCUT2D eigenvalue weighted by Crippen LogP contribution is 2.28. The van der Waals surface area contributed by atoms with Gasteiger partial charge in [-0.3, -0.25) is 4.79 Å². The lowest BCUT2D eigenvalue weighted by Gasteiger charge is -2.23. The third-order valence-electron chi connectivity index (χ3n) is 4.24. The molecule has 4 heteroatoms. The van der Waals surface area contributed by atoms with Crippen LogP contribution in [0.2, 0.25) is 0 Å². The van der Waals surface area contributed by atoms with E-state index in [4.69, 9.17) is 0 Å². The van der Waals surface area contributed by atoms with Crippen molar-refractivity contribution >= 4 is 5.91 Å².